The molecule has 0 fully saturated rings. The molecule has 20 heavy (non-hydrogen) atoms. The lowest BCUT2D eigenvalue weighted by molar-refractivity contribution is -0.137. The molecule has 0 saturated carbocycles. The zero-order valence-corrected chi connectivity index (χ0v) is 11.5. The van der Waals surface area contributed by atoms with Gasteiger partial charge in [-0.05, 0) is 29.0 Å². The van der Waals surface area contributed by atoms with E-state index in [0.717, 1.165) is 22.2 Å². The van der Waals surface area contributed by atoms with E-state index in [9.17, 15) is 13.2 Å². The van der Waals surface area contributed by atoms with E-state index in [-0.39, 0.29) is 10.8 Å². The maximum absolute atomic E-state index is 12.8. The summed E-state index contributed by atoms with van der Waals surface area (Å²) < 4.78 is 39.4. The average molecular weight is 314 g/mol. The summed E-state index contributed by atoms with van der Waals surface area (Å²) in [5, 5.41) is 2.70. The van der Waals surface area contributed by atoms with Crippen LogP contribution in [0.5, 0.6) is 0 Å². The number of pyridine rings is 1. The fourth-order valence-electron chi connectivity index (χ4n) is 1.99. The molecule has 1 aromatic carbocycles. The van der Waals surface area contributed by atoms with Gasteiger partial charge in [0.25, 0.3) is 0 Å². The molecular formula is C14H7ClF3NS. The second-order valence-electron chi connectivity index (χ2n) is 4.21. The van der Waals surface area contributed by atoms with Crippen LogP contribution in [-0.4, -0.2) is 4.98 Å². The predicted molar refractivity (Wildman–Crippen MR) is 75.1 cm³/mol. The first-order valence-electron chi connectivity index (χ1n) is 5.66. The van der Waals surface area contributed by atoms with Gasteiger partial charge in [0.2, 0.25) is 0 Å². The minimum Gasteiger partial charge on any atom is -0.236 e. The van der Waals surface area contributed by atoms with Gasteiger partial charge in [0.05, 0.1) is 11.3 Å². The summed E-state index contributed by atoms with van der Waals surface area (Å²) in [6, 6.07) is 9.22. The minimum atomic E-state index is -4.44. The zero-order chi connectivity index (χ0) is 14.3. The first-order valence-corrected chi connectivity index (χ1v) is 6.92. The smallest absolute Gasteiger partial charge is 0.236 e. The van der Waals surface area contributed by atoms with E-state index in [4.69, 9.17) is 11.6 Å². The molecule has 2 aromatic heterocycles. The molecular weight excluding hydrogens is 307 g/mol. The highest BCUT2D eigenvalue weighted by Crippen LogP contribution is 2.36. The highest BCUT2D eigenvalue weighted by Gasteiger charge is 2.31. The SMILES string of the molecule is FC(F)(F)c1cc(Cl)nc(-c2cccc3ccsc23)c1. The second kappa shape index (κ2) is 4.75. The Morgan fingerprint density at radius 2 is 1.90 bits per heavy atom. The van der Waals surface area contributed by atoms with Gasteiger partial charge in [-0.1, -0.05) is 29.8 Å². The number of benzene rings is 1. The number of rotatable bonds is 1. The molecule has 0 bridgehead atoms. The predicted octanol–water partition coefficient (Wildman–Crippen LogP) is 5.64. The number of fused-ring (bicyclic) bond motifs is 1. The lowest BCUT2D eigenvalue weighted by atomic mass is 10.1. The first kappa shape index (κ1) is 13.4. The molecule has 0 unspecified atom stereocenters. The van der Waals surface area contributed by atoms with Gasteiger partial charge in [0, 0.05) is 10.3 Å². The Morgan fingerprint density at radius 1 is 1.10 bits per heavy atom. The van der Waals surface area contributed by atoms with Gasteiger partial charge in [-0.2, -0.15) is 13.2 Å². The fraction of sp³-hybridized carbons (Fsp3) is 0.0714. The topological polar surface area (TPSA) is 12.9 Å². The van der Waals surface area contributed by atoms with Crippen molar-refractivity contribution < 1.29 is 13.2 Å². The number of aromatic nitrogens is 1. The Hall–Kier alpha value is -1.59. The van der Waals surface area contributed by atoms with Crippen LogP contribution in [-0.2, 0) is 6.18 Å². The molecule has 0 aliphatic carbocycles. The van der Waals surface area contributed by atoms with Crippen LogP contribution in [0.4, 0.5) is 13.2 Å². The summed E-state index contributed by atoms with van der Waals surface area (Å²) >= 11 is 7.19. The number of alkyl halides is 3. The molecule has 0 saturated heterocycles. The summed E-state index contributed by atoms with van der Waals surface area (Å²) in [7, 11) is 0. The van der Waals surface area contributed by atoms with Crippen LogP contribution in [0.15, 0.2) is 41.8 Å². The van der Waals surface area contributed by atoms with Gasteiger partial charge in [0.15, 0.2) is 0 Å². The molecule has 3 aromatic rings. The second-order valence-corrected chi connectivity index (χ2v) is 5.51. The molecule has 0 N–H and O–H groups in total. The molecule has 1 nitrogen and oxygen atoms in total. The van der Waals surface area contributed by atoms with E-state index in [1.165, 1.54) is 11.3 Å². The van der Waals surface area contributed by atoms with Crippen LogP contribution < -0.4 is 0 Å². The van der Waals surface area contributed by atoms with E-state index in [2.05, 4.69) is 4.98 Å². The quantitative estimate of drug-likeness (QED) is 0.530. The Kier molecular flexibility index (Phi) is 3.18. The van der Waals surface area contributed by atoms with Crippen LogP contribution in [0, 0.1) is 0 Å². The molecule has 2 heterocycles. The Balaban J connectivity index is 2.24. The van der Waals surface area contributed by atoms with Gasteiger partial charge in [0.1, 0.15) is 5.15 Å². The molecule has 0 radical (unpaired) electrons. The summed E-state index contributed by atoms with van der Waals surface area (Å²) in [6.45, 7) is 0. The third-order valence-corrected chi connectivity index (χ3v) is 4.03. The van der Waals surface area contributed by atoms with Crippen molar-refractivity contribution in [2.75, 3.05) is 0 Å². The average Bonchev–Trinajstić information content (AvgIpc) is 2.84. The molecule has 6 heteroatoms. The zero-order valence-electron chi connectivity index (χ0n) is 9.91. The van der Waals surface area contributed by atoms with Gasteiger partial charge < -0.3 is 0 Å². The summed E-state index contributed by atoms with van der Waals surface area (Å²) in [5.74, 6) is 0. The van der Waals surface area contributed by atoms with Crippen molar-refractivity contribution >= 4 is 33.0 Å². The van der Waals surface area contributed by atoms with E-state index < -0.39 is 11.7 Å². The lowest BCUT2D eigenvalue weighted by Gasteiger charge is -2.10. The minimum absolute atomic E-state index is 0.164. The lowest BCUT2D eigenvalue weighted by Crippen LogP contribution is -2.05. The maximum atomic E-state index is 12.8. The highest BCUT2D eigenvalue weighted by atomic mass is 35.5. The van der Waals surface area contributed by atoms with Crippen molar-refractivity contribution in [2.24, 2.45) is 0 Å². The van der Waals surface area contributed by atoms with Crippen LogP contribution in [0.2, 0.25) is 5.15 Å². The number of hydrogen-bond acceptors (Lipinski definition) is 2. The van der Waals surface area contributed by atoms with Crippen LogP contribution in [0.25, 0.3) is 21.3 Å². The number of hydrogen-bond donors (Lipinski definition) is 0. The third kappa shape index (κ3) is 2.39. The van der Waals surface area contributed by atoms with Gasteiger partial charge in [-0.15, -0.1) is 11.3 Å². The maximum Gasteiger partial charge on any atom is 0.416 e. The normalized spacial score (nSPS) is 12.0. The fourth-order valence-corrected chi connectivity index (χ4v) is 3.12. The van der Waals surface area contributed by atoms with Crippen molar-refractivity contribution in [1.82, 2.24) is 4.98 Å². The number of thiophene rings is 1. The Bertz CT molecular complexity index is 779. The van der Waals surface area contributed by atoms with Crippen molar-refractivity contribution in [2.45, 2.75) is 6.18 Å². The van der Waals surface area contributed by atoms with Gasteiger partial charge in [-0.25, -0.2) is 4.98 Å². The van der Waals surface area contributed by atoms with Gasteiger partial charge >= 0.3 is 6.18 Å². The summed E-state index contributed by atoms with van der Waals surface area (Å²) in [6.07, 6.45) is -4.44. The van der Waals surface area contributed by atoms with Gasteiger partial charge in [-0.3, -0.25) is 0 Å². The summed E-state index contributed by atoms with van der Waals surface area (Å²) in [5.41, 5.74) is 0.101. The first-order chi connectivity index (χ1) is 9.45. The summed E-state index contributed by atoms with van der Waals surface area (Å²) in [4.78, 5) is 4.02. The molecule has 102 valence electrons. The van der Waals surface area contributed by atoms with Crippen molar-refractivity contribution in [3.8, 4) is 11.3 Å². The molecule has 0 amide bonds. The molecule has 3 rings (SSSR count). The van der Waals surface area contributed by atoms with E-state index >= 15 is 0 Å². The van der Waals surface area contributed by atoms with Crippen LogP contribution in [0.3, 0.4) is 0 Å². The van der Waals surface area contributed by atoms with Crippen LogP contribution >= 0.6 is 22.9 Å². The molecule has 0 aliphatic rings. The largest absolute Gasteiger partial charge is 0.416 e. The van der Waals surface area contributed by atoms with Crippen molar-refractivity contribution in [1.29, 1.82) is 0 Å². The third-order valence-electron chi connectivity index (χ3n) is 2.88. The van der Waals surface area contributed by atoms with Crippen molar-refractivity contribution in [3.05, 3.63) is 52.5 Å². The molecule has 0 atom stereocenters. The van der Waals surface area contributed by atoms with Crippen molar-refractivity contribution in [3.63, 3.8) is 0 Å². The van der Waals surface area contributed by atoms with Crippen LogP contribution in [0.1, 0.15) is 5.56 Å². The molecule has 0 aliphatic heterocycles. The monoisotopic (exact) mass is 313 g/mol. The standard InChI is InChI=1S/C14H7ClF3NS/c15-12-7-9(14(16,17)18)6-11(19-12)10-3-1-2-8-4-5-20-13(8)10/h1-7H. The molecule has 0 spiro atoms. The Morgan fingerprint density at radius 3 is 2.65 bits per heavy atom. The van der Waals surface area contributed by atoms with E-state index in [0.29, 0.717) is 5.56 Å². The van der Waals surface area contributed by atoms with E-state index in [1.807, 2.05) is 17.5 Å². The van der Waals surface area contributed by atoms with E-state index in [1.54, 1.807) is 12.1 Å². The number of nitrogens with zero attached hydrogens (tertiary/aromatic N) is 1. The number of halogens is 4. The highest BCUT2D eigenvalue weighted by molar-refractivity contribution is 7.17. The Labute approximate surface area is 121 Å².